The number of aryl methyl sites for hydroxylation is 2. The van der Waals surface area contributed by atoms with Gasteiger partial charge in [-0.2, -0.15) is 0 Å². The second kappa shape index (κ2) is 3.79. The third kappa shape index (κ3) is 1.62. The summed E-state index contributed by atoms with van der Waals surface area (Å²) in [6, 6.07) is 0.686. The molecule has 2 aliphatic rings. The summed E-state index contributed by atoms with van der Waals surface area (Å²) in [6.07, 6.45) is 7.83. The minimum atomic E-state index is 0.686. The van der Waals surface area contributed by atoms with Gasteiger partial charge in [0, 0.05) is 18.8 Å². The minimum absolute atomic E-state index is 0.686. The first-order valence-corrected chi connectivity index (χ1v) is 6.56. The van der Waals surface area contributed by atoms with Crippen molar-refractivity contribution in [2.75, 3.05) is 5.32 Å². The van der Waals surface area contributed by atoms with Crippen LogP contribution in [0.1, 0.15) is 38.3 Å². The molecule has 0 saturated heterocycles. The monoisotopic (exact) mass is 219 g/mol. The van der Waals surface area contributed by atoms with Gasteiger partial charge < -0.3 is 9.88 Å². The van der Waals surface area contributed by atoms with Crippen molar-refractivity contribution in [1.29, 1.82) is 0 Å². The number of nitrogens with one attached hydrogen (secondary N) is 1. The van der Waals surface area contributed by atoms with Crippen LogP contribution in [0.3, 0.4) is 0 Å². The van der Waals surface area contributed by atoms with Crippen molar-refractivity contribution < 1.29 is 0 Å². The van der Waals surface area contributed by atoms with Gasteiger partial charge in [0.2, 0.25) is 5.95 Å². The molecule has 2 bridgehead atoms. The average Bonchev–Trinajstić information content (AvgIpc) is 2.93. The van der Waals surface area contributed by atoms with Gasteiger partial charge in [-0.25, -0.2) is 4.98 Å². The Balaban J connectivity index is 1.74. The maximum atomic E-state index is 4.58. The number of aromatic nitrogens is 2. The molecule has 1 heterocycles. The fraction of sp³-hybridized carbons (Fsp3) is 0.769. The molecule has 3 rings (SSSR count). The molecule has 1 N–H and O–H groups in total. The Labute approximate surface area is 97.3 Å². The molecule has 2 fully saturated rings. The Kier molecular flexibility index (Phi) is 2.41. The predicted molar refractivity (Wildman–Crippen MR) is 65.5 cm³/mol. The highest BCUT2D eigenvalue weighted by atomic mass is 15.2. The van der Waals surface area contributed by atoms with Crippen LogP contribution in [0.15, 0.2) is 6.20 Å². The highest BCUT2D eigenvalue weighted by Crippen LogP contribution is 2.45. The van der Waals surface area contributed by atoms with Crippen molar-refractivity contribution in [3.63, 3.8) is 0 Å². The summed E-state index contributed by atoms with van der Waals surface area (Å²) in [4.78, 5) is 4.58. The normalized spacial score (nSPS) is 32.2. The van der Waals surface area contributed by atoms with Crippen LogP contribution in [0.2, 0.25) is 0 Å². The van der Waals surface area contributed by atoms with Crippen LogP contribution >= 0.6 is 0 Å². The van der Waals surface area contributed by atoms with Gasteiger partial charge in [0.05, 0.1) is 5.69 Å². The number of hydrogen-bond donors (Lipinski definition) is 1. The zero-order valence-corrected chi connectivity index (χ0v) is 10.2. The summed E-state index contributed by atoms with van der Waals surface area (Å²) < 4.78 is 2.22. The highest BCUT2D eigenvalue weighted by molar-refractivity contribution is 5.31. The van der Waals surface area contributed by atoms with Gasteiger partial charge in [0.15, 0.2) is 0 Å². The van der Waals surface area contributed by atoms with Crippen molar-refractivity contribution in [2.24, 2.45) is 11.8 Å². The lowest BCUT2D eigenvalue weighted by Crippen LogP contribution is -2.27. The van der Waals surface area contributed by atoms with E-state index in [0.717, 1.165) is 30.0 Å². The van der Waals surface area contributed by atoms with Gasteiger partial charge in [-0.15, -0.1) is 0 Å². The highest BCUT2D eigenvalue weighted by Gasteiger charge is 2.39. The smallest absolute Gasteiger partial charge is 0.203 e. The summed E-state index contributed by atoms with van der Waals surface area (Å²) in [5.41, 5.74) is 1.12. The van der Waals surface area contributed by atoms with Gasteiger partial charge in [-0.05, 0) is 44.9 Å². The number of fused-ring (bicyclic) bond motifs is 2. The lowest BCUT2D eigenvalue weighted by Gasteiger charge is -2.23. The van der Waals surface area contributed by atoms with Gasteiger partial charge in [-0.1, -0.05) is 6.42 Å². The van der Waals surface area contributed by atoms with Crippen LogP contribution in [0.4, 0.5) is 5.95 Å². The number of anilines is 1. The quantitative estimate of drug-likeness (QED) is 0.847. The third-order valence-corrected chi connectivity index (χ3v) is 4.29. The van der Waals surface area contributed by atoms with E-state index < -0.39 is 0 Å². The number of nitrogens with zero attached hydrogens (tertiary/aromatic N) is 2. The molecular formula is C13H21N3. The van der Waals surface area contributed by atoms with E-state index in [4.69, 9.17) is 0 Å². The van der Waals surface area contributed by atoms with E-state index in [1.54, 1.807) is 0 Å². The summed E-state index contributed by atoms with van der Waals surface area (Å²) in [7, 11) is 0. The van der Waals surface area contributed by atoms with Crippen molar-refractivity contribution in [2.45, 2.75) is 52.1 Å². The largest absolute Gasteiger partial charge is 0.353 e. The molecule has 0 aromatic carbocycles. The Morgan fingerprint density at radius 2 is 2.31 bits per heavy atom. The molecule has 1 aromatic rings. The molecule has 0 aliphatic heterocycles. The third-order valence-electron chi connectivity index (χ3n) is 4.29. The second-order valence-corrected chi connectivity index (χ2v) is 5.42. The van der Waals surface area contributed by atoms with Crippen molar-refractivity contribution in [1.82, 2.24) is 9.55 Å². The second-order valence-electron chi connectivity index (χ2n) is 5.42. The summed E-state index contributed by atoms with van der Waals surface area (Å²) in [5.74, 6) is 2.98. The summed E-state index contributed by atoms with van der Waals surface area (Å²) in [5, 5.41) is 3.66. The molecule has 0 radical (unpaired) electrons. The van der Waals surface area contributed by atoms with Gasteiger partial charge >= 0.3 is 0 Å². The first-order valence-electron chi connectivity index (χ1n) is 6.56. The minimum Gasteiger partial charge on any atom is -0.353 e. The van der Waals surface area contributed by atoms with Gasteiger partial charge in [0.1, 0.15) is 0 Å². The number of hydrogen-bond acceptors (Lipinski definition) is 2. The molecular weight excluding hydrogens is 198 g/mol. The van der Waals surface area contributed by atoms with Crippen molar-refractivity contribution in [3.8, 4) is 0 Å². The van der Waals surface area contributed by atoms with E-state index in [-0.39, 0.29) is 0 Å². The Bertz CT molecular complexity index is 383. The molecule has 2 saturated carbocycles. The lowest BCUT2D eigenvalue weighted by atomic mass is 9.95. The first-order chi connectivity index (χ1) is 7.76. The molecule has 3 atom stereocenters. The Hall–Kier alpha value is -0.990. The maximum Gasteiger partial charge on any atom is 0.203 e. The van der Waals surface area contributed by atoms with Crippen LogP contribution in [-0.2, 0) is 6.54 Å². The van der Waals surface area contributed by atoms with Crippen molar-refractivity contribution in [3.05, 3.63) is 11.9 Å². The van der Waals surface area contributed by atoms with Crippen LogP contribution in [0, 0.1) is 18.8 Å². The molecule has 88 valence electrons. The first kappa shape index (κ1) is 10.2. The van der Waals surface area contributed by atoms with Crippen LogP contribution < -0.4 is 5.32 Å². The zero-order valence-electron chi connectivity index (χ0n) is 10.2. The molecule has 2 aliphatic carbocycles. The number of imidazole rings is 1. The molecule has 0 spiro atoms. The molecule has 1 aromatic heterocycles. The fourth-order valence-corrected chi connectivity index (χ4v) is 3.49. The molecule has 3 nitrogen and oxygen atoms in total. The predicted octanol–water partition coefficient (Wildman–Crippen LogP) is 2.81. The van der Waals surface area contributed by atoms with E-state index in [1.165, 1.54) is 25.7 Å². The van der Waals surface area contributed by atoms with E-state index >= 15 is 0 Å². The van der Waals surface area contributed by atoms with Crippen LogP contribution in [-0.4, -0.2) is 15.6 Å². The molecule has 0 amide bonds. The van der Waals surface area contributed by atoms with E-state index in [1.807, 2.05) is 0 Å². The Morgan fingerprint density at radius 1 is 1.44 bits per heavy atom. The summed E-state index contributed by atoms with van der Waals surface area (Å²) >= 11 is 0. The molecule has 3 heteroatoms. The average molecular weight is 219 g/mol. The number of rotatable bonds is 3. The van der Waals surface area contributed by atoms with E-state index in [2.05, 4.69) is 34.9 Å². The zero-order chi connectivity index (χ0) is 11.1. The summed E-state index contributed by atoms with van der Waals surface area (Å²) in [6.45, 7) is 5.25. The van der Waals surface area contributed by atoms with Crippen LogP contribution in [0.5, 0.6) is 0 Å². The lowest BCUT2D eigenvalue weighted by molar-refractivity contribution is 0.436. The molecule has 16 heavy (non-hydrogen) atoms. The van der Waals surface area contributed by atoms with Crippen LogP contribution in [0.25, 0.3) is 0 Å². The van der Waals surface area contributed by atoms with E-state index in [9.17, 15) is 0 Å². The van der Waals surface area contributed by atoms with Gasteiger partial charge in [0.25, 0.3) is 0 Å². The standard InChI is InChI=1S/C13H21N3/c1-3-16-8-9(2)14-13(16)15-12-7-10-4-5-11(12)6-10/h8,10-12H,3-7H2,1-2H3,(H,14,15). The molecule has 3 unspecified atom stereocenters. The SMILES string of the molecule is CCn1cc(C)nc1NC1CC2CCC1C2. The van der Waals surface area contributed by atoms with E-state index in [0.29, 0.717) is 6.04 Å². The van der Waals surface area contributed by atoms with Gasteiger partial charge in [-0.3, -0.25) is 0 Å². The fourth-order valence-electron chi connectivity index (χ4n) is 3.49. The Morgan fingerprint density at radius 3 is 2.94 bits per heavy atom. The topological polar surface area (TPSA) is 29.9 Å². The van der Waals surface area contributed by atoms with Crippen molar-refractivity contribution >= 4 is 5.95 Å². The maximum absolute atomic E-state index is 4.58.